The third-order valence-corrected chi connectivity index (χ3v) is 6.49. The van der Waals surface area contributed by atoms with Gasteiger partial charge < -0.3 is 4.74 Å². The first-order valence-electron chi connectivity index (χ1n) is 8.61. The van der Waals surface area contributed by atoms with Crippen molar-refractivity contribution in [3.8, 4) is 5.75 Å². The summed E-state index contributed by atoms with van der Waals surface area (Å²) in [6.45, 7) is 2.70. The van der Waals surface area contributed by atoms with Gasteiger partial charge in [-0.05, 0) is 43.2 Å². The Balaban J connectivity index is 1.53. The van der Waals surface area contributed by atoms with Crippen molar-refractivity contribution in [2.75, 3.05) is 13.1 Å². The van der Waals surface area contributed by atoms with Crippen molar-refractivity contribution in [3.63, 3.8) is 0 Å². The Bertz CT molecular complexity index is 1040. The van der Waals surface area contributed by atoms with Crippen LogP contribution < -0.4 is 4.74 Å². The zero-order valence-electron chi connectivity index (χ0n) is 14.5. The molecule has 6 heteroatoms. The van der Waals surface area contributed by atoms with E-state index >= 15 is 0 Å². The van der Waals surface area contributed by atoms with E-state index in [9.17, 15) is 8.42 Å². The van der Waals surface area contributed by atoms with E-state index < -0.39 is 10.0 Å². The van der Waals surface area contributed by atoms with Crippen molar-refractivity contribution < 1.29 is 13.2 Å². The molecule has 0 bridgehead atoms. The van der Waals surface area contributed by atoms with Crippen LogP contribution in [-0.2, 0) is 10.0 Å². The summed E-state index contributed by atoms with van der Waals surface area (Å²) in [6.07, 6.45) is 2.22. The average molecular weight is 368 g/mol. The fourth-order valence-corrected chi connectivity index (χ4v) is 4.88. The first kappa shape index (κ1) is 17.0. The van der Waals surface area contributed by atoms with Gasteiger partial charge in [0, 0.05) is 18.1 Å². The Hall–Kier alpha value is -2.44. The van der Waals surface area contributed by atoms with Crippen molar-refractivity contribution >= 4 is 20.9 Å². The summed E-state index contributed by atoms with van der Waals surface area (Å²) in [5, 5.41) is 1.01. The summed E-state index contributed by atoms with van der Waals surface area (Å²) in [5.41, 5.74) is 1.73. The highest BCUT2D eigenvalue weighted by molar-refractivity contribution is 7.89. The highest BCUT2D eigenvalue weighted by Crippen LogP contribution is 2.28. The maximum absolute atomic E-state index is 12.9. The van der Waals surface area contributed by atoms with E-state index in [4.69, 9.17) is 4.74 Å². The second kappa shape index (κ2) is 6.70. The highest BCUT2D eigenvalue weighted by Gasteiger charge is 2.33. The molecule has 0 aliphatic carbocycles. The number of fused-ring (bicyclic) bond motifs is 1. The third-order valence-electron chi connectivity index (χ3n) is 4.62. The number of aromatic nitrogens is 1. The van der Waals surface area contributed by atoms with Gasteiger partial charge >= 0.3 is 0 Å². The topological polar surface area (TPSA) is 59.5 Å². The number of hydrogen-bond acceptors (Lipinski definition) is 4. The standard InChI is InChI=1S/C20H20N2O3S/c1-15-5-2-8-18(13-15)26(23,24)22-12-10-17(14-22)25-19-9-3-6-16-7-4-11-21-20(16)19/h2-9,11,13,17H,10,12,14H2,1H3. The van der Waals surface area contributed by atoms with Crippen LogP contribution in [0, 0.1) is 6.92 Å². The predicted molar refractivity (Wildman–Crippen MR) is 101 cm³/mol. The number of ether oxygens (including phenoxy) is 1. The predicted octanol–water partition coefficient (Wildman–Crippen LogP) is 3.39. The molecular formula is C20H20N2O3S. The normalized spacial score (nSPS) is 18.3. The fourth-order valence-electron chi connectivity index (χ4n) is 3.29. The quantitative estimate of drug-likeness (QED) is 0.708. The minimum Gasteiger partial charge on any atom is -0.487 e. The number of aryl methyl sites for hydroxylation is 1. The number of benzene rings is 2. The van der Waals surface area contributed by atoms with Gasteiger partial charge in [-0.3, -0.25) is 4.98 Å². The molecule has 5 nitrogen and oxygen atoms in total. The monoisotopic (exact) mass is 368 g/mol. The van der Waals surface area contributed by atoms with Crippen LogP contribution in [-0.4, -0.2) is 36.9 Å². The van der Waals surface area contributed by atoms with E-state index in [1.807, 2.05) is 43.3 Å². The van der Waals surface area contributed by atoms with Crippen LogP contribution in [0.5, 0.6) is 5.75 Å². The van der Waals surface area contributed by atoms with Gasteiger partial charge in [0.25, 0.3) is 0 Å². The second-order valence-electron chi connectivity index (χ2n) is 6.54. The molecule has 0 spiro atoms. The molecule has 1 aliphatic heterocycles. The summed E-state index contributed by atoms with van der Waals surface area (Å²) in [7, 11) is -3.49. The number of pyridine rings is 1. The van der Waals surface area contributed by atoms with Gasteiger partial charge in [0.15, 0.2) is 0 Å². The molecular weight excluding hydrogens is 348 g/mol. The molecule has 1 unspecified atom stereocenters. The Morgan fingerprint density at radius 1 is 1.12 bits per heavy atom. The van der Waals surface area contributed by atoms with Gasteiger partial charge in [0.05, 0.1) is 11.4 Å². The number of para-hydroxylation sites is 1. The van der Waals surface area contributed by atoms with Gasteiger partial charge in [-0.2, -0.15) is 4.31 Å². The van der Waals surface area contributed by atoms with Gasteiger partial charge in [-0.1, -0.05) is 30.3 Å². The summed E-state index contributed by atoms with van der Waals surface area (Å²) >= 11 is 0. The van der Waals surface area contributed by atoms with Crippen LogP contribution in [0.4, 0.5) is 0 Å². The SMILES string of the molecule is Cc1cccc(S(=O)(=O)N2CCC(Oc3cccc4cccnc34)C2)c1. The van der Waals surface area contributed by atoms with E-state index in [0.717, 1.165) is 16.5 Å². The highest BCUT2D eigenvalue weighted by atomic mass is 32.2. The Labute approximate surface area is 153 Å². The van der Waals surface area contributed by atoms with Crippen LogP contribution in [0.3, 0.4) is 0 Å². The smallest absolute Gasteiger partial charge is 0.243 e. The zero-order chi connectivity index (χ0) is 18.1. The molecule has 2 aromatic carbocycles. The molecule has 1 saturated heterocycles. The van der Waals surface area contributed by atoms with Crippen LogP contribution >= 0.6 is 0 Å². The Morgan fingerprint density at radius 3 is 2.77 bits per heavy atom. The summed E-state index contributed by atoms with van der Waals surface area (Å²) < 4.78 is 33.3. The maximum Gasteiger partial charge on any atom is 0.243 e. The van der Waals surface area contributed by atoms with Crippen LogP contribution in [0.15, 0.2) is 65.7 Å². The van der Waals surface area contributed by atoms with Crippen LogP contribution in [0.2, 0.25) is 0 Å². The average Bonchev–Trinajstić information content (AvgIpc) is 3.11. The molecule has 1 aliphatic rings. The summed E-state index contributed by atoms with van der Waals surface area (Å²) in [5.74, 6) is 0.697. The molecule has 2 heterocycles. The van der Waals surface area contributed by atoms with Crippen molar-refractivity contribution in [1.29, 1.82) is 0 Å². The first-order chi connectivity index (χ1) is 12.5. The minimum atomic E-state index is -3.49. The molecule has 0 radical (unpaired) electrons. The molecule has 3 aromatic rings. The van der Waals surface area contributed by atoms with Crippen molar-refractivity contribution in [3.05, 3.63) is 66.4 Å². The lowest BCUT2D eigenvalue weighted by molar-refractivity contribution is 0.218. The number of sulfonamides is 1. The van der Waals surface area contributed by atoms with Gasteiger partial charge in [-0.15, -0.1) is 0 Å². The lowest BCUT2D eigenvalue weighted by Gasteiger charge is -2.18. The zero-order valence-corrected chi connectivity index (χ0v) is 15.3. The summed E-state index contributed by atoms with van der Waals surface area (Å²) in [4.78, 5) is 4.73. The fraction of sp³-hybridized carbons (Fsp3) is 0.250. The Kier molecular flexibility index (Phi) is 4.38. The van der Waals surface area contributed by atoms with Crippen molar-refractivity contribution in [2.45, 2.75) is 24.3 Å². The van der Waals surface area contributed by atoms with Gasteiger partial charge in [-0.25, -0.2) is 8.42 Å². The molecule has 4 rings (SSSR count). The van der Waals surface area contributed by atoms with Crippen LogP contribution in [0.1, 0.15) is 12.0 Å². The van der Waals surface area contributed by atoms with E-state index in [-0.39, 0.29) is 6.10 Å². The number of rotatable bonds is 4. The molecule has 0 saturated carbocycles. The van der Waals surface area contributed by atoms with Gasteiger partial charge in [0.1, 0.15) is 17.4 Å². The van der Waals surface area contributed by atoms with E-state index in [1.165, 1.54) is 4.31 Å². The lowest BCUT2D eigenvalue weighted by atomic mass is 10.2. The largest absolute Gasteiger partial charge is 0.487 e. The molecule has 0 N–H and O–H groups in total. The second-order valence-corrected chi connectivity index (χ2v) is 8.48. The molecule has 1 aromatic heterocycles. The number of nitrogens with zero attached hydrogens (tertiary/aromatic N) is 2. The van der Waals surface area contributed by atoms with Crippen LogP contribution in [0.25, 0.3) is 10.9 Å². The van der Waals surface area contributed by atoms with Crippen molar-refractivity contribution in [2.24, 2.45) is 0 Å². The minimum absolute atomic E-state index is 0.179. The first-order valence-corrected chi connectivity index (χ1v) is 10.1. The molecule has 1 atom stereocenters. The number of hydrogen-bond donors (Lipinski definition) is 0. The molecule has 0 amide bonds. The maximum atomic E-state index is 12.9. The molecule has 26 heavy (non-hydrogen) atoms. The third kappa shape index (κ3) is 3.18. The lowest BCUT2D eigenvalue weighted by Crippen LogP contribution is -2.31. The van der Waals surface area contributed by atoms with Gasteiger partial charge in [0.2, 0.25) is 10.0 Å². The van der Waals surface area contributed by atoms with E-state index in [2.05, 4.69) is 4.98 Å². The van der Waals surface area contributed by atoms with Crippen molar-refractivity contribution in [1.82, 2.24) is 9.29 Å². The Morgan fingerprint density at radius 2 is 1.92 bits per heavy atom. The van der Waals surface area contributed by atoms with E-state index in [1.54, 1.807) is 24.4 Å². The molecule has 134 valence electrons. The molecule has 1 fully saturated rings. The van der Waals surface area contributed by atoms with E-state index in [0.29, 0.717) is 30.2 Å². The summed E-state index contributed by atoms with van der Waals surface area (Å²) in [6, 6.07) is 16.7.